The fourth-order valence-corrected chi connectivity index (χ4v) is 2.94. The summed E-state index contributed by atoms with van der Waals surface area (Å²) in [5.74, 6) is 2.88. The third-order valence-corrected chi connectivity index (χ3v) is 4.26. The van der Waals surface area contributed by atoms with E-state index in [0.717, 1.165) is 22.5 Å². The van der Waals surface area contributed by atoms with E-state index in [1.807, 2.05) is 50.4 Å². The number of pyridine rings is 1. The lowest BCUT2D eigenvalue weighted by molar-refractivity contribution is -0.121. The van der Waals surface area contributed by atoms with E-state index in [1.165, 1.54) is 0 Å². The normalized spacial score (nSPS) is 11.6. The number of hydrogen-bond acceptors (Lipinski definition) is 7. The first kappa shape index (κ1) is 21.9. The van der Waals surface area contributed by atoms with Crippen LogP contribution in [0, 0.1) is 0 Å². The number of fused-ring (bicyclic) bond motifs is 1. The monoisotopic (exact) mass is 414 g/mol. The van der Waals surface area contributed by atoms with Crippen LogP contribution in [-0.4, -0.2) is 54.0 Å². The van der Waals surface area contributed by atoms with Crippen LogP contribution in [0.1, 0.15) is 27.7 Å². The maximum atomic E-state index is 6.06. The molecule has 0 atom stereocenters. The molecule has 3 aromatic rings. The molecule has 3 rings (SSSR count). The maximum absolute atomic E-state index is 6.06. The summed E-state index contributed by atoms with van der Waals surface area (Å²) in [5, 5.41) is 8.77. The Morgan fingerprint density at radius 3 is 2.47 bits per heavy atom. The summed E-state index contributed by atoms with van der Waals surface area (Å²) in [4.78, 5) is 4.78. The molecule has 0 radical (unpaired) electrons. The van der Waals surface area contributed by atoms with Gasteiger partial charge in [-0.15, -0.1) is 5.10 Å². The molecule has 0 aliphatic carbocycles. The first-order valence-corrected chi connectivity index (χ1v) is 10.0. The molecule has 0 saturated carbocycles. The molecular weight excluding hydrogens is 384 g/mol. The van der Waals surface area contributed by atoms with Crippen molar-refractivity contribution < 1.29 is 18.9 Å². The van der Waals surface area contributed by atoms with E-state index in [2.05, 4.69) is 24.3 Å². The number of anilines is 1. The van der Waals surface area contributed by atoms with E-state index in [4.69, 9.17) is 23.9 Å². The van der Waals surface area contributed by atoms with Crippen molar-refractivity contribution in [3.8, 4) is 17.3 Å². The van der Waals surface area contributed by atoms with Crippen LogP contribution in [0.2, 0.25) is 0 Å². The Morgan fingerprint density at radius 1 is 1.03 bits per heavy atom. The summed E-state index contributed by atoms with van der Waals surface area (Å²) in [6, 6.07) is 9.83. The third kappa shape index (κ3) is 5.40. The molecule has 1 N–H and O–H groups in total. The molecule has 2 aromatic heterocycles. The Hall–Kier alpha value is -2.84. The number of nitrogens with one attached hydrogen (secondary N) is 1. The lowest BCUT2D eigenvalue weighted by Gasteiger charge is -2.16. The van der Waals surface area contributed by atoms with Crippen LogP contribution in [0.3, 0.4) is 0 Å². The fourth-order valence-electron chi connectivity index (χ4n) is 2.94. The van der Waals surface area contributed by atoms with Crippen molar-refractivity contribution in [2.75, 3.05) is 26.1 Å². The zero-order valence-corrected chi connectivity index (χ0v) is 18.4. The molecule has 30 heavy (non-hydrogen) atoms. The number of hydrogen-bond donors (Lipinski definition) is 1. The number of aromatic nitrogens is 3. The molecule has 0 amide bonds. The molecule has 162 valence electrons. The van der Waals surface area contributed by atoms with E-state index in [1.54, 1.807) is 18.9 Å². The molecule has 8 nitrogen and oxygen atoms in total. The minimum Gasteiger partial charge on any atom is -0.490 e. The van der Waals surface area contributed by atoms with Crippen LogP contribution < -0.4 is 14.8 Å². The second-order valence-electron chi connectivity index (χ2n) is 7.48. The standard InChI is InChI=1S/C22H30N4O4/c1-14(2)23-20-9-10-26(25-20)21-12-19(30-15(3)4)17-8-7-16(11-18(17)24-21)29-13-22(27-5)28-6/h7-12,14-15,22H,13H2,1-6H3,(H,23,25). The quantitative estimate of drug-likeness (QED) is 0.502. The highest BCUT2D eigenvalue weighted by Crippen LogP contribution is 2.30. The third-order valence-electron chi connectivity index (χ3n) is 4.26. The van der Waals surface area contributed by atoms with Gasteiger partial charge in [0.1, 0.15) is 23.9 Å². The zero-order chi connectivity index (χ0) is 21.7. The average molecular weight is 415 g/mol. The van der Waals surface area contributed by atoms with Crippen LogP contribution in [-0.2, 0) is 9.47 Å². The number of rotatable bonds is 10. The minimum absolute atomic E-state index is 0.0272. The topological polar surface area (TPSA) is 79.7 Å². The molecular formula is C22H30N4O4. The van der Waals surface area contributed by atoms with E-state index in [9.17, 15) is 0 Å². The first-order valence-electron chi connectivity index (χ1n) is 10.0. The van der Waals surface area contributed by atoms with Crippen molar-refractivity contribution in [1.82, 2.24) is 14.8 Å². The molecule has 0 aliphatic heterocycles. The van der Waals surface area contributed by atoms with Crippen molar-refractivity contribution in [3.05, 3.63) is 36.5 Å². The lowest BCUT2D eigenvalue weighted by Crippen LogP contribution is -2.22. The summed E-state index contributed by atoms with van der Waals surface area (Å²) < 4.78 is 24.0. The van der Waals surface area contributed by atoms with E-state index in [-0.39, 0.29) is 12.7 Å². The van der Waals surface area contributed by atoms with Crippen molar-refractivity contribution >= 4 is 16.7 Å². The lowest BCUT2D eigenvalue weighted by atomic mass is 10.2. The van der Waals surface area contributed by atoms with Crippen LogP contribution in [0.25, 0.3) is 16.7 Å². The number of ether oxygens (including phenoxy) is 4. The molecule has 0 unspecified atom stereocenters. The van der Waals surface area contributed by atoms with Crippen molar-refractivity contribution in [2.24, 2.45) is 0 Å². The van der Waals surface area contributed by atoms with E-state index in [0.29, 0.717) is 17.6 Å². The van der Waals surface area contributed by atoms with Crippen molar-refractivity contribution in [1.29, 1.82) is 0 Å². The average Bonchev–Trinajstić information content (AvgIpc) is 3.15. The molecule has 0 spiro atoms. The predicted molar refractivity (Wildman–Crippen MR) is 117 cm³/mol. The SMILES string of the molecule is COC(COc1ccc2c(OC(C)C)cc(-n3ccc(NC(C)C)n3)nc2c1)OC. The van der Waals surface area contributed by atoms with Crippen molar-refractivity contribution in [2.45, 2.75) is 46.1 Å². The van der Waals surface area contributed by atoms with E-state index < -0.39 is 6.29 Å². The highest BCUT2D eigenvalue weighted by atomic mass is 16.7. The van der Waals surface area contributed by atoms with E-state index >= 15 is 0 Å². The molecule has 0 saturated heterocycles. The Labute approximate surface area is 177 Å². The predicted octanol–water partition coefficient (Wildman–Crippen LogP) is 4.03. The van der Waals surface area contributed by atoms with Gasteiger partial charge in [0.05, 0.1) is 11.6 Å². The van der Waals surface area contributed by atoms with Crippen LogP contribution >= 0.6 is 0 Å². The van der Waals surface area contributed by atoms with Crippen LogP contribution in [0.15, 0.2) is 36.5 Å². The first-order chi connectivity index (χ1) is 14.4. The second-order valence-corrected chi connectivity index (χ2v) is 7.48. The summed E-state index contributed by atoms with van der Waals surface area (Å²) in [6.07, 6.45) is 1.47. The van der Waals surface area contributed by atoms with Crippen molar-refractivity contribution in [3.63, 3.8) is 0 Å². The molecule has 8 heteroatoms. The molecule has 1 aromatic carbocycles. The van der Waals surface area contributed by atoms with Gasteiger partial charge in [-0.3, -0.25) is 0 Å². The number of nitrogens with zero attached hydrogens (tertiary/aromatic N) is 3. The molecule has 0 aliphatic rings. The van der Waals surface area contributed by atoms with Gasteiger partial charge >= 0.3 is 0 Å². The summed E-state index contributed by atoms with van der Waals surface area (Å²) in [6.45, 7) is 8.41. The Bertz CT molecular complexity index is 967. The zero-order valence-electron chi connectivity index (χ0n) is 18.4. The van der Waals surface area contributed by atoms with Gasteiger partial charge in [-0.25, -0.2) is 9.67 Å². The smallest absolute Gasteiger partial charge is 0.191 e. The number of benzene rings is 1. The number of methoxy groups -OCH3 is 2. The summed E-state index contributed by atoms with van der Waals surface area (Å²) >= 11 is 0. The highest BCUT2D eigenvalue weighted by molar-refractivity contribution is 5.87. The van der Waals surface area contributed by atoms with Gasteiger partial charge in [0, 0.05) is 50.0 Å². The molecule has 0 bridgehead atoms. The van der Waals surface area contributed by atoms with Gasteiger partial charge in [-0.2, -0.15) is 0 Å². The van der Waals surface area contributed by atoms with Gasteiger partial charge in [0.2, 0.25) is 0 Å². The second kappa shape index (κ2) is 9.77. The fraction of sp³-hybridized carbons (Fsp3) is 0.455. The summed E-state index contributed by atoms with van der Waals surface area (Å²) in [7, 11) is 3.15. The van der Waals surface area contributed by atoms with Crippen LogP contribution in [0.5, 0.6) is 11.5 Å². The van der Waals surface area contributed by atoms with Gasteiger partial charge in [-0.1, -0.05) is 0 Å². The van der Waals surface area contributed by atoms with Gasteiger partial charge < -0.3 is 24.3 Å². The molecule has 2 heterocycles. The van der Waals surface area contributed by atoms with Gasteiger partial charge in [0.15, 0.2) is 12.1 Å². The highest BCUT2D eigenvalue weighted by Gasteiger charge is 2.13. The van der Waals surface area contributed by atoms with Crippen LogP contribution in [0.4, 0.5) is 5.82 Å². The molecule has 0 fully saturated rings. The Morgan fingerprint density at radius 2 is 1.80 bits per heavy atom. The Kier molecular flexibility index (Phi) is 7.12. The van der Waals surface area contributed by atoms with Gasteiger partial charge in [-0.05, 0) is 39.8 Å². The largest absolute Gasteiger partial charge is 0.490 e. The minimum atomic E-state index is -0.434. The maximum Gasteiger partial charge on any atom is 0.191 e. The Balaban J connectivity index is 1.97. The summed E-state index contributed by atoms with van der Waals surface area (Å²) in [5.41, 5.74) is 0.751. The van der Waals surface area contributed by atoms with Gasteiger partial charge in [0.25, 0.3) is 0 Å².